The first-order valence-corrected chi connectivity index (χ1v) is 48.2. The molecule has 0 aliphatic carbocycles. The lowest BCUT2D eigenvalue weighted by molar-refractivity contribution is -0.161. The van der Waals surface area contributed by atoms with E-state index in [4.69, 9.17) is 37.0 Å². The maximum Gasteiger partial charge on any atom is 0.472 e. The lowest BCUT2D eigenvalue weighted by Gasteiger charge is -2.21. The molecule has 0 spiro atoms. The van der Waals surface area contributed by atoms with Crippen molar-refractivity contribution in [2.24, 2.45) is 5.92 Å². The molecule has 0 aliphatic heterocycles. The van der Waals surface area contributed by atoms with Crippen molar-refractivity contribution in [1.29, 1.82) is 0 Å². The summed E-state index contributed by atoms with van der Waals surface area (Å²) < 4.78 is 68.9. The zero-order valence-electron chi connectivity index (χ0n) is 69.6. The Morgan fingerprint density at radius 3 is 0.670 bits per heavy atom. The van der Waals surface area contributed by atoms with E-state index in [1.54, 1.807) is 0 Å². The number of phosphoric acid groups is 2. The quantitative estimate of drug-likeness (QED) is 0.0222. The molecule has 0 aromatic rings. The van der Waals surface area contributed by atoms with Crippen LogP contribution in [0.4, 0.5) is 0 Å². The van der Waals surface area contributed by atoms with E-state index >= 15 is 0 Å². The third-order valence-corrected chi connectivity index (χ3v) is 22.8. The number of unbranched alkanes of at least 4 members (excludes halogenated alkanes) is 58. The minimum Gasteiger partial charge on any atom is -0.462 e. The molecule has 19 heteroatoms. The van der Waals surface area contributed by atoms with Crippen LogP contribution in [0.1, 0.15) is 471 Å². The fraction of sp³-hybridized carbons (Fsp3) is 0.954. The molecule has 0 radical (unpaired) electrons. The standard InChI is InChI=1S/C87H170O17P2/c1-6-10-13-16-19-22-25-28-30-32-34-35-36-38-40-42-45-48-51-58-63-68-73-87(92)103-82(76-97-84(89)70-65-60-55-49-46-44-41-39-37-33-31-29-26-23-20-17-14-11-7-2)78-101-105(93,94)99-74-81(88)75-100-106(95,96)102-79-83(77-98-85(90)71-66-61-56-53-52-54-59-64-69-80(5)9-4)104-86(91)72-67-62-57-50-47-43-27-24-21-18-15-12-8-3/h80-83,88H,6-79H2,1-5H3,(H,93,94)(H,95,96)/t80?,81-,82-,83-/m1/s1. The maximum absolute atomic E-state index is 13.2. The Hall–Kier alpha value is -1.94. The van der Waals surface area contributed by atoms with E-state index in [9.17, 15) is 43.2 Å². The number of hydrogen-bond donors (Lipinski definition) is 3. The van der Waals surface area contributed by atoms with Crippen molar-refractivity contribution in [2.45, 2.75) is 490 Å². The van der Waals surface area contributed by atoms with Gasteiger partial charge in [0.25, 0.3) is 0 Å². The van der Waals surface area contributed by atoms with Crippen molar-refractivity contribution in [2.75, 3.05) is 39.6 Å². The molecule has 0 aromatic heterocycles. The van der Waals surface area contributed by atoms with Gasteiger partial charge >= 0.3 is 39.5 Å². The summed E-state index contributed by atoms with van der Waals surface area (Å²) in [5.74, 6) is -1.32. The van der Waals surface area contributed by atoms with Gasteiger partial charge in [0.05, 0.1) is 26.4 Å². The van der Waals surface area contributed by atoms with Gasteiger partial charge in [0.2, 0.25) is 0 Å². The number of aliphatic hydroxyl groups is 1. The maximum atomic E-state index is 13.2. The SMILES string of the molecule is CCCCCCCCCCCCCCCCCCCCCCCCC(=O)O[C@H](COC(=O)CCCCCCCCCCCCCCCCCCCCC)COP(=O)(O)OC[C@@H](O)COP(=O)(O)OC[C@@H](COC(=O)CCCCCCCCCCC(C)CC)OC(=O)CCCCCCCCCCCCCCC. The van der Waals surface area contributed by atoms with Crippen molar-refractivity contribution in [1.82, 2.24) is 0 Å². The molecular formula is C87H170O17P2. The number of esters is 4. The monoisotopic (exact) mass is 1550 g/mol. The first-order valence-electron chi connectivity index (χ1n) is 45.2. The normalized spacial score (nSPS) is 14.0. The van der Waals surface area contributed by atoms with Crippen LogP contribution in [0.2, 0.25) is 0 Å². The Labute approximate surface area is 651 Å². The predicted octanol–water partition coefficient (Wildman–Crippen LogP) is 26.8. The summed E-state index contributed by atoms with van der Waals surface area (Å²) >= 11 is 0. The first-order chi connectivity index (χ1) is 51.6. The van der Waals surface area contributed by atoms with E-state index in [0.717, 1.165) is 95.8 Å². The molecule has 0 heterocycles. The van der Waals surface area contributed by atoms with Gasteiger partial charge in [0.15, 0.2) is 12.2 Å². The molecule has 17 nitrogen and oxygen atoms in total. The topological polar surface area (TPSA) is 237 Å². The summed E-state index contributed by atoms with van der Waals surface area (Å²) in [7, 11) is -9.93. The van der Waals surface area contributed by atoms with Crippen LogP contribution in [-0.4, -0.2) is 96.7 Å². The van der Waals surface area contributed by atoms with Crippen molar-refractivity contribution < 1.29 is 80.2 Å². The van der Waals surface area contributed by atoms with Crippen LogP contribution in [0.5, 0.6) is 0 Å². The van der Waals surface area contributed by atoms with Gasteiger partial charge < -0.3 is 33.8 Å². The van der Waals surface area contributed by atoms with Crippen LogP contribution in [0, 0.1) is 5.92 Å². The molecule has 0 saturated heterocycles. The van der Waals surface area contributed by atoms with Crippen LogP contribution < -0.4 is 0 Å². The predicted molar refractivity (Wildman–Crippen MR) is 437 cm³/mol. The summed E-state index contributed by atoms with van der Waals surface area (Å²) in [6.07, 6.45) is 73.6. The lowest BCUT2D eigenvalue weighted by Crippen LogP contribution is -2.30. The van der Waals surface area contributed by atoms with Gasteiger partial charge in [-0.25, -0.2) is 9.13 Å². The molecule has 0 aliphatic rings. The molecule has 0 rings (SSSR count). The van der Waals surface area contributed by atoms with Crippen molar-refractivity contribution in [3.8, 4) is 0 Å². The zero-order valence-corrected chi connectivity index (χ0v) is 71.4. The molecule has 106 heavy (non-hydrogen) atoms. The Kier molecular flexibility index (Phi) is 78.2. The molecule has 630 valence electrons. The van der Waals surface area contributed by atoms with Gasteiger partial charge in [0, 0.05) is 25.7 Å². The summed E-state index contributed by atoms with van der Waals surface area (Å²) in [6.45, 7) is 7.37. The highest BCUT2D eigenvalue weighted by Crippen LogP contribution is 2.45. The van der Waals surface area contributed by atoms with Crippen LogP contribution in [0.25, 0.3) is 0 Å². The summed E-state index contributed by atoms with van der Waals surface area (Å²) in [5.41, 5.74) is 0. The highest BCUT2D eigenvalue weighted by atomic mass is 31.2. The third kappa shape index (κ3) is 78.7. The van der Waals surface area contributed by atoms with E-state index < -0.39 is 97.5 Å². The van der Waals surface area contributed by atoms with Crippen LogP contribution in [0.15, 0.2) is 0 Å². The van der Waals surface area contributed by atoms with Crippen LogP contribution in [-0.2, 0) is 65.4 Å². The second kappa shape index (κ2) is 79.7. The summed E-state index contributed by atoms with van der Waals surface area (Å²) in [4.78, 5) is 73.3. The molecule has 0 fully saturated rings. The van der Waals surface area contributed by atoms with Gasteiger partial charge in [-0.05, 0) is 31.6 Å². The molecule has 3 N–H and O–H groups in total. The average molecular weight is 1550 g/mol. The molecule has 0 saturated carbocycles. The third-order valence-electron chi connectivity index (χ3n) is 20.9. The Morgan fingerprint density at radius 1 is 0.264 bits per heavy atom. The van der Waals surface area contributed by atoms with Gasteiger partial charge in [-0.2, -0.15) is 0 Å². The van der Waals surface area contributed by atoms with Gasteiger partial charge in [-0.1, -0.05) is 420 Å². The first kappa shape index (κ1) is 104. The fourth-order valence-corrected chi connectivity index (χ4v) is 15.2. The smallest absolute Gasteiger partial charge is 0.462 e. The van der Waals surface area contributed by atoms with Crippen molar-refractivity contribution in [3.05, 3.63) is 0 Å². The fourth-order valence-electron chi connectivity index (χ4n) is 13.6. The van der Waals surface area contributed by atoms with Crippen LogP contribution >= 0.6 is 15.6 Å². The van der Waals surface area contributed by atoms with Gasteiger partial charge in [-0.15, -0.1) is 0 Å². The Morgan fingerprint density at radius 2 is 0.453 bits per heavy atom. The van der Waals surface area contributed by atoms with Gasteiger partial charge in [-0.3, -0.25) is 37.3 Å². The highest BCUT2D eigenvalue weighted by molar-refractivity contribution is 7.47. The van der Waals surface area contributed by atoms with Gasteiger partial charge in [0.1, 0.15) is 19.3 Å². The highest BCUT2D eigenvalue weighted by Gasteiger charge is 2.30. The number of ether oxygens (including phenoxy) is 4. The molecule has 0 aromatic carbocycles. The Bertz CT molecular complexity index is 2020. The number of aliphatic hydroxyl groups excluding tert-OH is 1. The second-order valence-corrected chi connectivity index (χ2v) is 34.4. The lowest BCUT2D eigenvalue weighted by atomic mass is 9.99. The number of hydrogen-bond acceptors (Lipinski definition) is 15. The minimum atomic E-state index is -4.97. The van der Waals surface area contributed by atoms with E-state index in [-0.39, 0.29) is 25.7 Å². The van der Waals surface area contributed by atoms with Crippen LogP contribution in [0.3, 0.4) is 0 Å². The number of phosphoric ester groups is 2. The zero-order chi connectivity index (χ0) is 77.6. The number of rotatable bonds is 87. The average Bonchev–Trinajstić information content (AvgIpc) is 0.901. The number of carbonyl (C=O) groups is 4. The van der Waals surface area contributed by atoms with E-state index in [1.807, 2.05) is 0 Å². The van der Waals surface area contributed by atoms with E-state index in [2.05, 4.69) is 34.6 Å². The molecule has 0 bridgehead atoms. The van der Waals surface area contributed by atoms with E-state index in [0.29, 0.717) is 25.7 Å². The number of carbonyl (C=O) groups excluding carboxylic acids is 4. The molecular weight excluding hydrogens is 1380 g/mol. The summed E-state index contributed by atoms with van der Waals surface area (Å²) in [6, 6.07) is 0. The largest absolute Gasteiger partial charge is 0.472 e. The summed E-state index contributed by atoms with van der Waals surface area (Å²) in [5, 5.41) is 10.7. The van der Waals surface area contributed by atoms with Crippen molar-refractivity contribution in [3.63, 3.8) is 0 Å². The Balaban J connectivity index is 5.23. The second-order valence-electron chi connectivity index (χ2n) is 31.5. The molecule has 0 amide bonds. The molecule has 3 unspecified atom stereocenters. The van der Waals surface area contributed by atoms with E-state index in [1.165, 1.54) is 295 Å². The van der Waals surface area contributed by atoms with Crippen molar-refractivity contribution >= 4 is 39.5 Å². The minimum absolute atomic E-state index is 0.108. The molecule has 6 atom stereocenters.